The highest BCUT2D eigenvalue weighted by atomic mass is 16.4. The Hall–Kier alpha value is -1.65. The third kappa shape index (κ3) is 7.07. The molecule has 0 saturated carbocycles. The van der Waals surface area contributed by atoms with Gasteiger partial charge in [-0.2, -0.15) is 0 Å². The lowest BCUT2D eigenvalue weighted by molar-refractivity contribution is -0.131. The average molecular weight is 276 g/mol. The number of carboxylic acid groups (broad SMARTS) is 1. The fourth-order valence-corrected chi connectivity index (χ4v) is 1.95. The first-order valence-corrected chi connectivity index (χ1v) is 6.80. The highest BCUT2D eigenvalue weighted by molar-refractivity contribution is 5.85. The van der Waals surface area contributed by atoms with Crippen molar-refractivity contribution in [1.29, 1.82) is 0 Å². The van der Waals surface area contributed by atoms with Crippen LogP contribution in [0.5, 0.6) is 0 Å². The topological polar surface area (TPSA) is 43.8 Å². The van der Waals surface area contributed by atoms with E-state index in [0.29, 0.717) is 0 Å². The molecule has 0 fully saturated rings. The van der Waals surface area contributed by atoms with E-state index in [1.807, 2.05) is 24.3 Å². The van der Waals surface area contributed by atoms with Crippen LogP contribution in [-0.4, -0.2) is 55.1 Å². The molecule has 0 aliphatic heterocycles. The Kier molecular flexibility index (Phi) is 6.98. The normalized spacial score (nSPS) is 11.7. The number of aliphatic carboxylic acids is 1. The average Bonchev–Trinajstić information content (AvgIpc) is 2.37. The van der Waals surface area contributed by atoms with E-state index in [2.05, 4.69) is 30.9 Å². The quantitative estimate of drug-likeness (QED) is 0.739. The molecule has 1 aromatic rings. The second-order valence-electron chi connectivity index (χ2n) is 5.31. The molecule has 0 aliphatic carbocycles. The van der Waals surface area contributed by atoms with E-state index in [9.17, 15) is 4.79 Å². The monoisotopic (exact) mass is 276 g/mol. The van der Waals surface area contributed by atoms with Gasteiger partial charge in [-0.25, -0.2) is 4.79 Å². The van der Waals surface area contributed by atoms with Crippen molar-refractivity contribution in [3.63, 3.8) is 0 Å². The van der Waals surface area contributed by atoms with E-state index in [1.54, 1.807) is 6.08 Å². The van der Waals surface area contributed by atoms with E-state index in [1.165, 1.54) is 5.56 Å². The molecule has 0 radical (unpaired) electrons. The van der Waals surface area contributed by atoms with Gasteiger partial charge in [0.05, 0.1) is 0 Å². The Morgan fingerprint density at radius 2 is 1.80 bits per heavy atom. The lowest BCUT2D eigenvalue weighted by Crippen LogP contribution is -2.23. The molecule has 0 aliphatic rings. The lowest BCUT2D eigenvalue weighted by atomic mass is 10.1. The zero-order chi connectivity index (χ0) is 15.0. The van der Waals surface area contributed by atoms with Gasteiger partial charge in [0.15, 0.2) is 0 Å². The van der Waals surface area contributed by atoms with E-state index >= 15 is 0 Å². The summed E-state index contributed by atoms with van der Waals surface area (Å²) in [5.41, 5.74) is 2.15. The molecule has 0 aromatic heterocycles. The van der Waals surface area contributed by atoms with Crippen molar-refractivity contribution in [2.24, 2.45) is 0 Å². The van der Waals surface area contributed by atoms with Crippen LogP contribution in [0.3, 0.4) is 0 Å². The van der Waals surface area contributed by atoms with Crippen molar-refractivity contribution in [3.05, 3.63) is 41.5 Å². The van der Waals surface area contributed by atoms with Gasteiger partial charge in [-0.1, -0.05) is 24.3 Å². The molecule has 1 N–H and O–H groups in total. The summed E-state index contributed by atoms with van der Waals surface area (Å²) in [5, 5.41) is 8.57. The number of carboxylic acids is 1. The summed E-state index contributed by atoms with van der Waals surface area (Å²) in [6.07, 6.45) is 3.91. The van der Waals surface area contributed by atoms with Crippen molar-refractivity contribution in [2.75, 3.05) is 34.2 Å². The maximum Gasteiger partial charge on any atom is 0.328 e. The summed E-state index contributed by atoms with van der Waals surface area (Å²) in [4.78, 5) is 14.9. The summed E-state index contributed by atoms with van der Waals surface area (Å²) in [5.74, 6) is -0.922. The Morgan fingerprint density at radius 3 is 2.35 bits per heavy atom. The standard InChI is InChI=1S/C16H24N2O2/c1-17(2)11-4-12-18(3)13-15-7-5-14(6-8-15)9-10-16(19)20/h5-10H,4,11-13H2,1-3H3,(H,19,20). The number of rotatable bonds is 8. The van der Waals surface area contributed by atoms with Gasteiger partial charge in [0.2, 0.25) is 0 Å². The Balaban J connectivity index is 2.42. The molecule has 1 rings (SSSR count). The SMILES string of the molecule is CN(C)CCCN(C)Cc1ccc(C=CC(=O)O)cc1. The Morgan fingerprint density at radius 1 is 1.15 bits per heavy atom. The molecule has 0 saturated heterocycles. The van der Waals surface area contributed by atoms with Crippen LogP contribution in [-0.2, 0) is 11.3 Å². The lowest BCUT2D eigenvalue weighted by Gasteiger charge is -2.18. The van der Waals surface area contributed by atoms with Crippen molar-refractivity contribution >= 4 is 12.0 Å². The molecule has 0 amide bonds. The van der Waals surface area contributed by atoms with Crippen LogP contribution in [0, 0.1) is 0 Å². The summed E-state index contributed by atoms with van der Waals surface area (Å²) < 4.78 is 0. The molecule has 0 atom stereocenters. The van der Waals surface area contributed by atoms with Gasteiger partial charge in [-0.15, -0.1) is 0 Å². The summed E-state index contributed by atoms with van der Waals surface area (Å²) in [6.45, 7) is 3.08. The van der Waals surface area contributed by atoms with Gasteiger partial charge >= 0.3 is 5.97 Å². The zero-order valence-corrected chi connectivity index (χ0v) is 12.5. The van der Waals surface area contributed by atoms with E-state index in [0.717, 1.165) is 37.7 Å². The van der Waals surface area contributed by atoms with Crippen LogP contribution in [0.25, 0.3) is 6.08 Å². The van der Waals surface area contributed by atoms with Gasteiger partial charge in [0, 0.05) is 12.6 Å². The van der Waals surface area contributed by atoms with Gasteiger partial charge in [0.1, 0.15) is 0 Å². The Labute approximate surface area is 121 Å². The number of nitrogens with zero attached hydrogens (tertiary/aromatic N) is 2. The largest absolute Gasteiger partial charge is 0.478 e. The number of hydrogen-bond acceptors (Lipinski definition) is 3. The van der Waals surface area contributed by atoms with Crippen molar-refractivity contribution in [3.8, 4) is 0 Å². The second-order valence-corrected chi connectivity index (χ2v) is 5.31. The predicted octanol–water partition coefficient (Wildman–Crippen LogP) is 2.17. The fraction of sp³-hybridized carbons (Fsp3) is 0.438. The first-order valence-electron chi connectivity index (χ1n) is 6.80. The van der Waals surface area contributed by atoms with E-state index < -0.39 is 5.97 Å². The summed E-state index contributed by atoms with van der Waals surface area (Å²) in [7, 11) is 6.29. The number of hydrogen-bond donors (Lipinski definition) is 1. The molecule has 0 spiro atoms. The van der Waals surface area contributed by atoms with Crippen LogP contribution in [0.1, 0.15) is 17.5 Å². The number of carbonyl (C=O) groups is 1. The van der Waals surface area contributed by atoms with Gasteiger partial charge in [0.25, 0.3) is 0 Å². The minimum Gasteiger partial charge on any atom is -0.478 e. The highest BCUT2D eigenvalue weighted by Gasteiger charge is 2.01. The molecule has 0 bridgehead atoms. The molecular weight excluding hydrogens is 252 g/mol. The van der Waals surface area contributed by atoms with E-state index in [4.69, 9.17) is 5.11 Å². The molecule has 0 heterocycles. The molecule has 110 valence electrons. The molecule has 4 heteroatoms. The molecule has 20 heavy (non-hydrogen) atoms. The molecule has 1 aromatic carbocycles. The predicted molar refractivity (Wildman–Crippen MR) is 82.6 cm³/mol. The van der Waals surface area contributed by atoms with Crippen molar-refractivity contribution in [1.82, 2.24) is 9.80 Å². The zero-order valence-electron chi connectivity index (χ0n) is 12.5. The smallest absolute Gasteiger partial charge is 0.328 e. The third-order valence-electron chi connectivity index (χ3n) is 3.00. The minimum absolute atomic E-state index is 0.909. The fourth-order valence-electron chi connectivity index (χ4n) is 1.95. The maximum atomic E-state index is 10.4. The summed E-state index contributed by atoms with van der Waals surface area (Å²) >= 11 is 0. The third-order valence-corrected chi connectivity index (χ3v) is 3.00. The van der Waals surface area contributed by atoms with Gasteiger partial charge in [-0.3, -0.25) is 0 Å². The van der Waals surface area contributed by atoms with Crippen LogP contribution in [0.2, 0.25) is 0 Å². The first-order chi connectivity index (χ1) is 9.47. The van der Waals surface area contributed by atoms with Crippen LogP contribution >= 0.6 is 0 Å². The van der Waals surface area contributed by atoms with Crippen molar-refractivity contribution < 1.29 is 9.90 Å². The van der Waals surface area contributed by atoms with Gasteiger partial charge < -0.3 is 14.9 Å². The second kappa shape index (κ2) is 8.51. The maximum absolute atomic E-state index is 10.4. The van der Waals surface area contributed by atoms with E-state index in [-0.39, 0.29) is 0 Å². The molecular formula is C16H24N2O2. The number of benzene rings is 1. The van der Waals surface area contributed by atoms with Crippen LogP contribution in [0.15, 0.2) is 30.3 Å². The molecule has 4 nitrogen and oxygen atoms in total. The molecule has 0 unspecified atom stereocenters. The van der Waals surface area contributed by atoms with Crippen LogP contribution in [0.4, 0.5) is 0 Å². The highest BCUT2D eigenvalue weighted by Crippen LogP contribution is 2.08. The minimum atomic E-state index is -0.922. The first kappa shape index (κ1) is 16.4. The van der Waals surface area contributed by atoms with Crippen LogP contribution < -0.4 is 0 Å². The van der Waals surface area contributed by atoms with Crippen molar-refractivity contribution in [2.45, 2.75) is 13.0 Å². The Bertz CT molecular complexity index is 438. The van der Waals surface area contributed by atoms with Gasteiger partial charge in [-0.05, 0) is 57.9 Å². The summed E-state index contributed by atoms with van der Waals surface area (Å²) in [6, 6.07) is 7.98.